The second-order valence-electron chi connectivity index (χ2n) is 8.62. The molecule has 2 aromatic rings. The van der Waals surface area contributed by atoms with Crippen molar-refractivity contribution >= 4 is 17.4 Å². The summed E-state index contributed by atoms with van der Waals surface area (Å²) < 4.78 is 44.6. The lowest BCUT2D eigenvalue weighted by Crippen LogP contribution is -2.47. The summed E-state index contributed by atoms with van der Waals surface area (Å²) in [6.07, 6.45) is -1.67. The van der Waals surface area contributed by atoms with Gasteiger partial charge in [0.2, 0.25) is 0 Å². The van der Waals surface area contributed by atoms with Crippen molar-refractivity contribution in [2.75, 3.05) is 44.2 Å². The second-order valence-corrected chi connectivity index (χ2v) is 8.62. The number of halogens is 3. The van der Waals surface area contributed by atoms with Crippen molar-refractivity contribution in [3.05, 3.63) is 52.5 Å². The first-order valence-corrected chi connectivity index (χ1v) is 11.3. The minimum atomic E-state index is -4.34. The Morgan fingerprint density at radius 1 is 1.15 bits per heavy atom. The van der Waals surface area contributed by atoms with E-state index in [0.717, 1.165) is 38.5 Å². The van der Waals surface area contributed by atoms with Crippen LogP contribution in [0.1, 0.15) is 57.1 Å². The Balaban J connectivity index is 1.21. The van der Waals surface area contributed by atoms with Crippen LogP contribution >= 0.6 is 0 Å². The number of hydrogen-bond acceptors (Lipinski definition) is 5. The highest BCUT2D eigenvalue weighted by molar-refractivity contribution is 6.03. The Bertz CT molecular complexity index is 1020. The van der Waals surface area contributed by atoms with E-state index in [2.05, 4.69) is 10.2 Å². The topological polar surface area (TPSA) is 65.8 Å². The molecule has 0 atom stereocenters. The standard InChI is InChI=1S/C24H28F3N3O3/c1-16-21-19(31)7-3-8-20(21)33-22(16)23(32)28-9-4-10-29-11-13-30(14-12-29)18-6-2-5-17(15-18)24(25,26)27/h2,5-6,15H,3-4,7-14H2,1H3,(H,28,32). The van der Waals surface area contributed by atoms with Gasteiger partial charge < -0.3 is 14.6 Å². The Kier molecular flexibility index (Phi) is 6.78. The van der Waals surface area contributed by atoms with Crippen molar-refractivity contribution in [3.8, 4) is 0 Å². The first kappa shape index (κ1) is 23.4. The molecule has 0 bridgehead atoms. The van der Waals surface area contributed by atoms with Crippen molar-refractivity contribution in [2.24, 2.45) is 0 Å². The number of Topliss-reactive ketones (excluding diaryl/α,β-unsaturated/α-hetero) is 1. The summed E-state index contributed by atoms with van der Waals surface area (Å²) >= 11 is 0. The largest absolute Gasteiger partial charge is 0.455 e. The van der Waals surface area contributed by atoms with Crippen LogP contribution in [-0.4, -0.2) is 55.9 Å². The molecule has 1 N–H and O–H groups in total. The Labute approximate surface area is 190 Å². The third-order valence-corrected chi connectivity index (χ3v) is 6.36. The van der Waals surface area contributed by atoms with E-state index in [4.69, 9.17) is 4.42 Å². The van der Waals surface area contributed by atoms with E-state index in [1.807, 2.05) is 4.90 Å². The minimum absolute atomic E-state index is 0.0424. The number of benzene rings is 1. The Morgan fingerprint density at radius 3 is 2.61 bits per heavy atom. The molecule has 1 aromatic carbocycles. The summed E-state index contributed by atoms with van der Waals surface area (Å²) in [5.74, 6) is 0.586. The fourth-order valence-corrected chi connectivity index (χ4v) is 4.56. The smallest absolute Gasteiger partial charge is 0.416 e. The molecule has 0 saturated carbocycles. The zero-order valence-corrected chi connectivity index (χ0v) is 18.6. The van der Waals surface area contributed by atoms with Gasteiger partial charge in [-0.1, -0.05) is 6.07 Å². The molecule has 1 aliphatic carbocycles. The highest BCUT2D eigenvalue weighted by Crippen LogP contribution is 2.32. The molecule has 2 aliphatic rings. The molecular weight excluding hydrogens is 435 g/mol. The predicted molar refractivity (Wildman–Crippen MR) is 118 cm³/mol. The van der Waals surface area contributed by atoms with Crippen LogP contribution in [0.2, 0.25) is 0 Å². The lowest BCUT2D eigenvalue weighted by molar-refractivity contribution is -0.137. The molecule has 1 aliphatic heterocycles. The van der Waals surface area contributed by atoms with Crippen LogP contribution in [0.25, 0.3) is 0 Å². The van der Waals surface area contributed by atoms with Gasteiger partial charge in [-0.25, -0.2) is 0 Å². The molecule has 178 valence electrons. The van der Waals surface area contributed by atoms with Crippen molar-refractivity contribution in [2.45, 2.75) is 38.8 Å². The lowest BCUT2D eigenvalue weighted by atomic mass is 9.94. The second kappa shape index (κ2) is 9.59. The zero-order chi connectivity index (χ0) is 23.6. The number of carbonyl (C=O) groups is 2. The summed E-state index contributed by atoms with van der Waals surface area (Å²) in [6.45, 7) is 5.81. The number of anilines is 1. The molecule has 9 heteroatoms. The maximum atomic E-state index is 13.0. The molecule has 6 nitrogen and oxygen atoms in total. The predicted octanol–water partition coefficient (Wildman–Crippen LogP) is 4.07. The molecule has 1 amide bonds. The quantitative estimate of drug-likeness (QED) is 0.655. The van der Waals surface area contributed by atoms with Gasteiger partial charge in [0.25, 0.3) is 5.91 Å². The lowest BCUT2D eigenvalue weighted by Gasteiger charge is -2.36. The SMILES string of the molecule is Cc1c(C(=O)NCCCN2CCN(c3cccc(C(F)(F)F)c3)CC2)oc2c1C(=O)CCC2. The van der Waals surface area contributed by atoms with Gasteiger partial charge in [-0.15, -0.1) is 0 Å². The number of nitrogens with zero attached hydrogens (tertiary/aromatic N) is 2. The number of carbonyl (C=O) groups excluding carboxylic acids is 2. The normalized spacial score (nSPS) is 17.2. The van der Waals surface area contributed by atoms with E-state index in [9.17, 15) is 22.8 Å². The number of fused-ring (bicyclic) bond motifs is 1. The van der Waals surface area contributed by atoms with Gasteiger partial charge >= 0.3 is 6.18 Å². The van der Waals surface area contributed by atoms with E-state index < -0.39 is 11.7 Å². The molecule has 0 radical (unpaired) electrons. The van der Waals surface area contributed by atoms with Gasteiger partial charge in [-0.05, 0) is 44.5 Å². The number of ketones is 1. The third-order valence-electron chi connectivity index (χ3n) is 6.36. The van der Waals surface area contributed by atoms with Crippen LogP contribution in [0, 0.1) is 6.92 Å². The highest BCUT2D eigenvalue weighted by Gasteiger charge is 2.31. The van der Waals surface area contributed by atoms with Crippen LogP contribution in [0.4, 0.5) is 18.9 Å². The Hall–Kier alpha value is -2.81. The van der Waals surface area contributed by atoms with Crippen molar-refractivity contribution in [1.82, 2.24) is 10.2 Å². The minimum Gasteiger partial charge on any atom is -0.455 e. The number of furan rings is 1. The molecular formula is C24H28F3N3O3. The van der Waals surface area contributed by atoms with E-state index in [-0.39, 0.29) is 17.5 Å². The van der Waals surface area contributed by atoms with Gasteiger partial charge in [-0.2, -0.15) is 13.2 Å². The van der Waals surface area contributed by atoms with Crippen molar-refractivity contribution < 1.29 is 27.2 Å². The molecule has 0 unspecified atom stereocenters. The first-order valence-electron chi connectivity index (χ1n) is 11.3. The average molecular weight is 464 g/mol. The molecule has 2 heterocycles. The number of aryl methyl sites for hydroxylation is 1. The molecule has 4 rings (SSSR count). The number of piperazine rings is 1. The van der Waals surface area contributed by atoms with Crippen LogP contribution in [-0.2, 0) is 12.6 Å². The fraction of sp³-hybridized carbons (Fsp3) is 0.500. The number of hydrogen-bond donors (Lipinski definition) is 1. The van der Waals surface area contributed by atoms with E-state index >= 15 is 0 Å². The molecule has 33 heavy (non-hydrogen) atoms. The summed E-state index contributed by atoms with van der Waals surface area (Å²) in [6, 6.07) is 5.45. The van der Waals surface area contributed by atoms with Crippen LogP contribution < -0.4 is 10.2 Å². The first-order chi connectivity index (χ1) is 15.7. The van der Waals surface area contributed by atoms with Crippen molar-refractivity contribution in [3.63, 3.8) is 0 Å². The van der Waals surface area contributed by atoms with Gasteiger partial charge in [0.1, 0.15) is 5.76 Å². The summed E-state index contributed by atoms with van der Waals surface area (Å²) in [5, 5.41) is 2.87. The van der Waals surface area contributed by atoms with Crippen LogP contribution in [0.15, 0.2) is 28.7 Å². The maximum Gasteiger partial charge on any atom is 0.416 e. The molecule has 1 aromatic heterocycles. The van der Waals surface area contributed by atoms with E-state index in [1.54, 1.807) is 13.0 Å². The summed E-state index contributed by atoms with van der Waals surface area (Å²) in [7, 11) is 0. The number of nitrogens with one attached hydrogen (secondary N) is 1. The van der Waals surface area contributed by atoms with E-state index in [0.29, 0.717) is 55.1 Å². The fourth-order valence-electron chi connectivity index (χ4n) is 4.56. The summed E-state index contributed by atoms with van der Waals surface area (Å²) in [5.41, 5.74) is 1.16. The number of rotatable bonds is 6. The van der Waals surface area contributed by atoms with Gasteiger partial charge in [0, 0.05) is 56.8 Å². The number of amides is 1. The molecule has 0 spiro atoms. The average Bonchev–Trinajstić information content (AvgIpc) is 3.14. The zero-order valence-electron chi connectivity index (χ0n) is 18.6. The van der Waals surface area contributed by atoms with Gasteiger partial charge in [0.15, 0.2) is 11.5 Å². The number of alkyl halides is 3. The monoisotopic (exact) mass is 463 g/mol. The van der Waals surface area contributed by atoms with Crippen LogP contribution in [0.5, 0.6) is 0 Å². The third kappa shape index (κ3) is 5.24. The Morgan fingerprint density at radius 2 is 1.91 bits per heavy atom. The van der Waals surface area contributed by atoms with Gasteiger partial charge in [0.05, 0.1) is 11.1 Å². The highest BCUT2D eigenvalue weighted by atomic mass is 19.4. The molecule has 1 saturated heterocycles. The van der Waals surface area contributed by atoms with Gasteiger partial charge in [-0.3, -0.25) is 14.5 Å². The van der Waals surface area contributed by atoms with Crippen molar-refractivity contribution in [1.29, 1.82) is 0 Å². The summed E-state index contributed by atoms with van der Waals surface area (Å²) in [4.78, 5) is 28.8. The maximum absolute atomic E-state index is 13.0. The molecule has 1 fully saturated rings. The van der Waals surface area contributed by atoms with E-state index in [1.165, 1.54) is 12.1 Å². The van der Waals surface area contributed by atoms with Crippen LogP contribution in [0.3, 0.4) is 0 Å².